The van der Waals surface area contributed by atoms with E-state index in [1.165, 1.54) is 15.0 Å². The van der Waals surface area contributed by atoms with Crippen molar-refractivity contribution in [3.63, 3.8) is 0 Å². The summed E-state index contributed by atoms with van der Waals surface area (Å²) in [4.78, 5) is 42.3. The van der Waals surface area contributed by atoms with Gasteiger partial charge in [0.1, 0.15) is 5.82 Å². The summed E-state index contributed by atoms with van der Waals surface area (Å²) in [6, 6.07) is 17.6. The third kappa shape index (κ3) is 6.00. The van der Waals surface area contributed by atoms with E-state index in [-0.39, 0.29) is 30.4 Å². The average molecular weight is 449 g/mol. The maximum absolute atomic E-state index is 13.2. The number of rotatable bonds is 10. The van der Waals surface area contributed by atoms with Gasteiger partial charge in [-0.15, -0.1) is 0 Å². The summed E-state index contributed by atoms with van der Waals surface area (Å²) < 4.78 is 1.31. The molecule has 0 radical (unpaired) electrons. The molecular weight excluding hydrogens is 416 g/mol. The zero-order chi connectivity index (χ0) is 23.8. The molecule has 0 aliphatic heterocycles. The molecule has 0 spiro atoms. The molecule has 1 amide bonds. The highest BCUT2D eigenvalue weighted by molar-refractivity contribution is 5.95. The van der Waals surface area contributed by atoms with Gasteiger partial charge < -0.3 is 10.6 Å². The normalized spacial score (nSPS) is 10.8. The van der Waals surface area contributed by atoms with E-state index >= 15 is 0 Å². The number of benzene rings is 2. The summed E-state index contributed by atoms with van der Waals surface area (Å²) in [6.45, 7) is 4.68. The first-order valence-corrected chi connectivity index (χ1v) is 11.5. The zero-order valence-electron chi connectivity index (χ0n) is 19.3. The maximum atomic E-state index is 13.2. The lowest BCUT2D eigenvalue weighted by molar-refractivity contribution is -0.118. The number of amides is 1. The number of anilines is 2. The Morgan fingerprint density at radius 3 is 2.27 bits per heavy atom. The molecule has 7 nitrogen and oxygen atoms in total. The van der Waals surface area contributed by atoms with Gasteiger partial charge >= 0.3 is 5.69 Å². The van der Waals surface area contributed by atoms with E-state index in [0.717, 1.165) is 24.0 Å². The number of hydrogen-bond acceptors (Lipinski definition) is 4. The number of unbranched alkanes of at least 4 members (excludes halogenated alkanes) is 1. The van der Waals surface area contributed by atoms with Gasteiger partial charge in [-0.2, -0.15) is 0 Å². The van der Waals surface area contributed by atoms with E-state index in [9.17, 15) is 14.4 Å². The lowest BCUT2D eigenvalue weighted by Gasteiger charge is -2.24. The second-order valence-corrected chi connectivity index (χ2v) is 8.13. The minimum atomic E-state index is -0.640. The highest BCUT2D eigenvalue weighted by atomic mass is 16.2. The molecule has 3 N–H and O–H groups in total. The van der Waals surface area contributed by atoms with Crippen molar-refractivity contribution in [1.29, 1.82) is 0 Å². The number of nitrogen functional groups attached to an aromatic ring is 1. The second kappa shape index (κ2) is 11.3. The van der Waals surface area contributed by atoms with Gasteiger partial charge in [0, 0.05) is 13.0 Å². The molecule has 0 bridgehead atoms. The molecule has 0 aliphatic rings. The predicted molar refractivity (Wildman–Crippen MR) is 133 cm³/mol. The summed E-state index contributed by atoms with van der Waals surface area (Å²) in [5.41, 5.74) is 8.32. The molecule has 33 heavy (non-hydrogen) atoms. The number of nitrogens with two attached hydrogens (primary N) is 1. The highest BCUT2D eigenvalue weighted by Crippen LogP contribution is 2.20. The van der Waals surface area contributed by atoms with E-state index in [2.05, 4.69) is 24.0 Å². The fourth-order valence-corrected chi connectivity index (χ4v) is 3.77. The Bertz CT molecular complexity index is 1180. The Kier molecular flexibility index (Phi) is 8.24. The van der Waals surface area contributed by atoms with Gasteiger partial charge in [-0.25, -0.2) is 4.79 Å². The van der Waals surface area contributed by atoms with Crippen LogP contribution in [0.5, 0.6) is 0 Å². The van der Waals surface area contributed by atoms with Crippen LogP contribution in [0.3, 0.4) is 0 Å². The summed E-state index contributed by atoms with van der Waals surface area (Å²) in [5, 5.41) is 0. The van der Waals surface area contributed by atoms with E-state index in [0.29, 0.717) is 19.4 Å². The van der Waals surface area contributed by atoms with Crippen LogP contribution in [0.2, 0.25) is 0 Å². The Morgan fingerprint density at radius 2 is 1.64 bits per heavy atom. The Labute approximate surface area is 193 Å². The van der Waals surface area contributed by atoms with Crippen molar-refractivity contribution < 1.29 is 4.79 Å². The molecular formula is C26H32N4O3. The SMILES string of the molecule is CCCCN(C(=O)CCc1ccc(CC)cc1)c1c(N)n(Cc2ccccc2)c(=O)[nH]c1=O. The second-order valence-electron chi connectivity index (χ2n) is 8.13. The van der Waals surface area contributed by atoms with E-state index in [1.807, 2.05) is 49.4 Å². The summed E-state index contributed by atoms with van der Waals surface area (Å²) >= 11 is 0. The van der Waals surface area contributed by atoms with Gasteiger partial charge in [-0.05, 0) is 36.0 Å². The number of aromatic amines is 1. The molecule has 3 aromatic rings. The largest absolute Gasteiger partial charge is 0.383 e. The molecule has 0 unspecified atom stereocenters. The summed E-state index contributed by atoms with van der Waals surface area (Å²) in [5.74, 6) is -0.186. The number of nitrogens with zero attached hydrogens (tertiary/aromatic N) is 2. The first-order valence-electron chi connectivity index (χ1n) is 11.5. The van der Waals surface area contributed by atoms with Gasteiger partial charge in [0.15, 0.2) is 5.69 Å². The lowest BCUT2D eigenvalue weighted by Crippen LogP contribution is -2.41. The number of nitrogens with one attached hydrogen (secondary N) is 1. The number of carbonyl (C=O) groups excluding carboxylic acids is 1. The van der Waals surface area contributed by atoms with Crippen LogP contribution in [0.15, 0.2) is 64.2 Å². The van der Waals surface area contributed by atoms with Crippen LogP contribution >= 0.6 is 0 Å². The fraction of sp³-hybridized carbons (Fsp3) is 0.346. The molecule has 2 aromatic carbocycles. The number of hydrogen-bond donors (Lipinski definition) is 2. The topological polar surface area (TPSA) is 101 Å². The molecule has 3 rings (SSSR count). The summed E-state index contributed by atoms with van der Waals surface area (Å²) in [6.07, 6.45) is 3.33. The van der Waals surface area contributed by atoms with Gasteiger partial charge in [-0.1, -0.05) is 74.9 Å². The first kappa shape index (κ1) is 24.0. The molecule has 1 aromatic heterocycles. The number of carbonyl (C=O) groups is 1. The Morgan fingerprint density at radius 1 is 0.970 bits per heavy atom. The quantitative estimate of drug-likeness (QED) is 0.496. The van der Waals surface area contributed by atoms with Crippen molar-refractivity contribution in [2.24, 2.45) is 0 Å². The van der Waals surface area contributed by atoms with E-state index in [4.69, 9.17) is 5.73 Å². The molecule has 0 fully saturated rings. The molecule has 0 saturated heterocycles. The minimum absolute atomic E-state index is 0.00403. The first-order chi connectivity index (χ1) is 15.9. The van der Waals surface area contributed by atoms with E-state index in [1.54, 1.807) is 0 Å². The molecule has 0 aliphatic carbocycles. The molecule has 7 heteroatoms. The minimum Gasteiger partial charge on any atom is -0.383 e. The van der Waals surface area contributed by atoms with Crippen LogP contribution in [0.25, 0.3) is 0 Å². The highest BCUT2D eigenvalue weighted by Gasteiger charge is 2.23. The predicted octanol–water partition coefficient (Wildman–Crippen LogP) is 3.50. The molecule has 0 atom stereocenters. The third-order valence-electron chi connectivity index (χ3n) is 5.76. The van der Waals surface area contributed by atoms with Gasteiger partial charge in [0.05, 0.1) is 6.54 Å². The smallest absolute Gasteiger partial charge is 0.330 e. The van der Waals surface area contributed by atoms with Crippen LogP contribution in [0.1, 0.15) is 49.8 Å². The van der Waals surface area contributed by atoms with Gasteiger partial charge in [0.2, 0.25) is 5.91 Å². The van der Waals surface area contributed by atoms with Crippen molar-refractivity contribution in [1.82, 2.24) is 9.55 Å². The van der Waals surface area contributed by atoms with Crippen LogP contribution < -0.4 is 21.9 Å². The fourth-order valence-electron chi connectivity index (χ4n) is 3.77. The van der Waals surface area contributed by atoms with Crippen molar-refractivity contribution in [2.45, 2.75) is 52.5 Å². The van der Waals surface area contributed by atoms with Crippen molar-refractivity contribution in [2.75, 3.05) is 17.2 Å². The monoisotopic (exact) mass is 448 g/mol. The Balaban J connectivity index is 1.90. The molecule has 1 heterocycles. The van der Waals surface area contributed by atoms with Gasteiger partial charge in [0.25, 0.3) is 5.56 Å². The number of H-pyrrole nitrogens is 1. The van der Waals surface area contributed by atoms with E-state index < -0.39 is 11.2 Å². The van der Waals surface area contributed by atoms with Gasteiger partial charge in [-0.3, -0.25) is 19.1 Å². The van der Waals surface area contributed by atoms with Crippen LogP contribution in [-0.4, -0.2) is 22.0 Å². The Hall–Kier alpha value is -3.61. The standard InChI is InChI=1S/C26H32N4O3/c1-3-5-17-29(22(31)16-15-20-13-11-19(4-2)12-14-20)23-24(27)30(26(33)28-25(23)32)18-21-9-7-6-8-10-21/h6-14H,3-5,15-18,27H2,1-2H3,(H,28,32,33). The third-order valence-corrected chi connectivity index (χ3v) is 5.76. The zero-order valence-corrected chi connectivity index (χ0v) is 19.3. The van der Waals surface area contributed by atoms with Crippen molar-refractivity contribution >= 4 is 17.4 Å². The van der Waals surface area contributed by atoms with Crippen molar-refractivity contribution in [3.8, 4) is 0 Å². The summed E-state index contributed by atoms with van der Waals surface area (Å²) in [7, 11) is 0. The van der Waals surface area contributed by atoms with Crippen molar-refractivity contribution in [3.05, 3.63) is 92.1 Å². The van der Waals surface area contributed by atoms with Crippen LogP contribution in [0.4, 0.5) is 11.5 Å². The maximum Gasteiger partial charge on any atom is 0.330 e. The number of aromatic nitrogens is 2. The van der Waals surface area contributed by atoms with Crippen LogP contribution in [0, 0.1) is 0 Å². The number of aryl methyl sites for hydroxylation is 2. The lowest BCUT2D eigenvalue weighted by atomic mass is 10.1. The van der Waals surface area contributed by atoms with Crippen LogP contribution in [-0.2, 0) is 24.2 Å². The molecule has 0 saturated carbocycles. The average Bonchev–Trinajstić information content (AvgIpc) is 2.83. The molecule has 174 valence electrons.